The molecule has 0 bridgehead atoms. The van der Waals surface area contributed by atoms with E-state index < -0.39 is 0 Å². The van der Waals surface area contributed by atoms with Gasteiger partial charge in [-0.25, -0.2) is 0 Å². The Hall–Kier alpha value is -0.0800. The molecule has 0 atom stereocenters. The maximum Gasteiger partial charge on any atom is 0.162 e. The van der Waals surface area contributed by atoms with Gasteiger partial charge in [0.15, 0.2) is 6.29 Å². The normalized spacial score (nSPS) is 32.0. The van der Waals surface area contributed by atoms with Gasteiger partial charge in [-0.05, 0) is 6.42 Å². The van der Waals surface area contributed by atoms with Gasteiger partial charge >= 0.3 is 0 Å². The van der Waals surface area contributed by atoms with E-state index in [0.717, 1.165) is 19.6 Å². The molecule has 1 fully saturated rings. The first-order valence-electron chi connectivity index (χ1n) is 4.77. The molecular formula is C10H20O2. The fraction of sp³-hybridized carbons (Fsp3) is 1.00. The molecule has 0 N–H and O–H groups in total. The molecule has 1 rings (SSSR count). The van der Waals surface area contributed by atoms with Gasteiger partial charge in [0.2, 0.25) is 0 Å². The molecule has 0 spiro atoms. The third-order valence-electron chi connectivity index (χ3n) is 2.25. The number of ether oxygens (including phenoxy) is 2. The standard InChI is InChI=1S/C10H20O2/c1-5-8-6-11-9(12-7-8)10(2,3)4/h8-9H,5-7H2,1-4H3. The summed E-state index contributed by atoms with van der Waals surface area (Å²) in [6.07, 6.45) is 1.14. The topological polar surface area (TPSA) is 18.5 Å². The second-order valence-corrected chi connectivity index (χ2v) is 4.64. The van der Waals surface area contributed by atoms with E-state index in [4.69, 9.17) is 9.47 Å². The van der Waals surface area contributed by atoms with Crippen LogP contribution in [0.25, 0.3) is 0 Å². The molecule has 0 aromatic carbocycles. The van der Waals surface area contributed by atoms with E-state index >= 15 is 0 Å². The third-order valence-corrected chi connectivity index (χ3v) is 2.25. The molecular weight excluding hydrogens is 152 g/mol. The highest BCUT2D eigenvalue weighted by Gasteiger charge is 2.30. The first-order chi connectivity index (χ1) is 5.54. The van der Waals surface area contributed by atoms with E-state index in [-0.39, 0.29) is 11.7 Å². The first kappa shape index (κ1) is 10.0. The monoisotopic (exact) mass is 172 g/mol. The summed E-state index contributed by atoms with van der Waals surface area (Å²) in [4.78, 5) is 0. The molecule has 0 unspecified atom stereocenters. The van der Waals surface area contributed by atoms with Gasteiger partial charge in [0.05, 0.1) is 13.2 Å². The molecule has 0 aromatic rings. The van der Waals surface area contributed by atoms with Gasteiger partial charge in [0.25, 0.3) is 0 Å². The van der Waals surface area contributed by atoms with E-state index in [1.54, 1.807) is 0 Å². The molecule has 1 heterocycles. The van der Waals surface area contributed by atoms with E-state index in [9.17, 15) is 0 Å². The Morgan fingerprint density at radius 1 is 1.17 bits per heavy atom. The molecule has 0 amide bonds. The highest BCUT2D eigenvalue weighted by atomic mass is 16.7. The lowest BCUT2D eigenvalue weighted by Gasteiger charge is -2.36. The second-order valence-electron chi connectivity index (χ2n) is 4.64. The molecule has 0 aliphatic carbocycles. The smallest absolute Gasteiger partial charge is 0.162 e. The zero-order valence-corrected chi connectivity index (χ0v) is 8.59. The van der Waals surface area contributed by atoms with Crippen LogP contribution in [0.5, 0.6) is 0 Å². The first-order valence-corrected chi connectivity index (χ1v) is 4.77. The van der Waals surface area contributed by atoms with Crippen LogP contribution in [-0.2, 0) is 9.47 Å². The fourth-order valence-corrected chi connectivity index (χ4v) is 1.28. The Labute approximate surface area is 75.2 Å². The minimum absolute atomic E-state index is 0.0136. The van der Waals surface area contributed by atoms with E-state index in [2.05, 4.69) is 27.7 Å². The molecule has 1 aliphatic heterocycles. The van der Waals surface area contributed by atoms with Gasteiger partial charge in [-0.1, -0.05) is 27.7 Å². The van der Waals surface area contributed by atoms with Crippen LogP contribution in [0.1, 0.15) is 34.1 Å². The summed E-state index contributed by atoms with van der Waals surface area (Å²) in [7, 11) is 0. The zero-order valence-electron chi connectivity index (χ0n) is 8.59. The Morgan fingerprint density at radius 2 is 1.67 bits per heavy atom. The van der Waals surface area contributed by atoms with Gasteiger partial charge in [-0.2, -0.15) is 0 Å². The largest absolute Gasteiger partial charge is 0.352 e. The minimum atomic E-state index is -0.0136. The average Bonchev–Trinajstić information content (AvgIpc) is 2.03. The summed E-state index contributed by atoms with van der Waals surface area (Å²) in [6, 6.07) is 0. The molecule has 0 saturated carbocycles. The van der Waals surface area contributed by atoms with Gasteiger partial charge in [-0.15, -0.1) is 0 Å². The average molecular weight is 172 g/mol. The SMILES string of the molecule is CCC1COC(C(C)(C)C)OC1. The van der Waals surface area contributed by atoms with Crippen LogP contribution in [0.2, 0.25) is 0 Å². The lowest BCUT2D eigenvalue weighted by atomic mass is 9.95. The third kappa shape index (κ3) is 2.46. The van der Waals surface area contributed by atoms with Crippen molar-refractivity contribution in [2.45, 2.75) is 40.4 Å². The van der Waals surface area contributed by atoms with Crippen molar-refractivity contribution in [3.8, 4) is 0 Å². The molecule has 2 nitrogen and oxygen atoms in total. The van der Waals surface area contributed by atoms with Crippen molar-refractivity contribution in [1.29, 1.82) is 0 Å². The Bertz CT molecular complexity index is 129. The highest BCUT2D eigenvalue weighted by molar-refractivity contribution is 4.71. The lowest BCUT2D eigenvalue weighted by molar-refractivity contribution is -0.242. The number of hydrogen-bond donors (Lipinski definition) is 0. The van der Waals surface area contributed by atoms with Crippen LogP contribution in [0.15, 0.2) is 0 Å². The van der Waals surface area contributed by atoms with Crippen LogP contribution in [0, 0.1) is 11.3 Å². The maximum atomic E-state index is 5.62. The van der Waals surface area contributed by atoms with Crippen molar-refractivity contribution in [2.24, 2.45) is 11.3 Å². The summed E-state index contributed by atoms with van der Waals surface area (Å²) in [5.74, 6) is 0.601. The second kappa shape index (κ2) is 3.75. The van der Waals surface area contributed by atoms with Crippen molar-refractivity contribution >= 4 is 0 Å². The number of hydrogen-bond acceptors (Lipinski definition) is 2. The van der Waals surface area contributed by atoms with Crippen LogP contribution >= 0.6 is 0 Å². The van der Waals surface area contributed by atoms with Crippen molar-refractivity contribution in [2.75, 3.05) is 13.2 Å². The van der Waals surface area contributed by atoms with Crippen molar-refractivity contribution in [3.05, 3.63) is 0 Å². The molecule has 12 heavy (non-hydrogen) atoms. The molecule has 2 heteroatoms. The maximum absolute atomic E-state index is 5.62. The van der Waals surface area contributed by atoms with Crippen LogP contribution < -0.4 is 0 Å². The van der Waals surface area contributed by atoms with E-state index in [1.807, 2.05) is 0 Å². The molecule has 0 aromatic heterocycles. The predicted octanol–water partition coefficient (Wildman–Crippen LogP) is 2.43. The lowest BCUT2D eigenvalue weighted by Crippen LogP contribution is -2.39. The van der Waals surface area contributed by atoms with Crippen molar-refractivity contribution < 1.29 is 9.47 Å². The number of rotatable bonds is 1. The summed E-state index contributed by atoms with van der Waals surface area (Å²) in [5, 5.41) is 0. The Balaban J connectivity index is 2.36. The highest BCUT2D eigenvalue weighted by Crippen LogP contribution is 2.27. The molecule has 72 valence electrons. The summed E-state index contributed by atoms with van der Waals surface area (Å²) < 4.78 is 11.2. The van der Waals surface area contributed by atoms with Crippen molar-refractivity contribution in [3.63, 3.8) is 0 Å². The summed E-state index contributed by atoms with van der Waals surface area (Å²) in [5.41, 5.74) is 0.110. The summed E-state index contributed by atoms with van der Waals surface area (Å²) in [6.45, 7) is 10.3. The van der Waals surface area contributed by atoms with E-state index in [1.165, 1.54) is 0 Å². The molecule has 0 radical (unpaired) electrons. The van der Waals surface area contributed by atoms with Gasteiger partial charge < -0.3 is 9.47 Å². The van der Waals surface area contributed by atoms with E-state index in [0.29, 0.717) is 5.92 Å². The molecule has 1 saturated heterocycles. The Kier molecular flexibility index (Phi) is 3.13. The molecule has 1 aliphatic rings. The fourth-order valence-electron chi connectivity index (χ4n) is 1.28. The van der Waals surface area contributed by atoms with Crippen LogP contribution in [0.3, 0.4) is 0 Å². The van der Waals surface area contributed by atoms with Crippen molar-refractivity contribution in [1.82, 2.24) is 0 Å². The predicted molar refractivity (Wildman–Crippen MR) is 48.9 cm³/mol. The minimum Gasteiger partial charge on any atom is -0.352 e. The van der Waals surface area contributed by atoms with Gasteiger partial charge in [0, 0.05) is 11.3 Å². The quantitative estimate of drug-likeness (QED) is 0.605. The zero-order chi connectivity index (χ0) is 9.19. The van der Waals surface area contributed by atoms with Crippen LogP contribution in [-0.4, -0.2) is 19.5 Å². The van der Waals surface area contributed by atoms with Gasteiger partial charge in [0.1, 0.15) is 0 Å². The summed E-state index contributed by atoms with van der Waals surface area (Å²) >= 11 is 0. The van der Waals surface area contributed by atoms with Gasteiger partial charge in [-0.3, -0.25) is 0 Å². The van der Waals surface area contributed by atoms with Crippen LogP contribution in [0.4, 0.5) is 0 Å². The Morgan fingerprint density at radius 3 is 2.00 bits per heavy atom.